The van der Waals surface area contributed by atoms with Gasteiger partial charge in [-0.25, -0.2) is 15.0 Å². The van der Waals surface area contributed by atoms with E-state index in [2.05, 4.69) is 71.3 Å². The third kappa shape index (κ3) is 4.13. The van der Waals surface area contributed by atoms with Crippen molar-refractivity contribution in [2.45, 2.75) is 84.0 Å². The van der Waals surface area contributed by atoms with E-state index < -0.39 is 0 Å². The summed E-state index contributed by atoms with van der Waals surface area (Å²) in [6, 6.07) is 4.36. The van der Waals surface area contributed by atoms with Crippen molar-refractivity contribution in [2.24, 2.45) is 12.5 Å². The first-order valence-corrected chi connectivity index (χ1v) is 12.6. The summed E-state index contributed by atoms with van der Waals surface area (Å²) in [5.74, 6) is 1.08. The molecule has 0 bridgehead atoms. The lowest BCUT2D eigenvalue weighted by Crippen LogP contribution is -2.45. The number of hydrogen-bond donors (Lipinski definition) is 0. The van der Waals surface area contributed by atoms with Gasteiger partial charge in [0.05, 0.1) is 17.9 Å². The first kappa shape index (κ1) is 23.4. The largest absolute Gasteiger partial charge is 0.372 e. The van der Waals surface area contributed by atoms with Crippen LogP contribution in [0, 0.1) is 12.3 Å². The van der Waals surface area contributed by atoms with Gasteiger partial charge in [-0.3, -0.25) is 9.88 Å². The fraction of sp³-hybridized carbons (Fsp3) is 0.630. The van der Waals surface area contributed by atoms with E-state index in [0.717, 1.165) is 67.9 Å². The van der Waals surface area contributed by atoms with Crippen molar-refractivity contribution in [2.75, 3.05) is 13.1 Å². The number of likely N-dealkylation sites (tertiary alicyclic amines) is 1. The number of aromatic nitrogens is 5. The molecule has 2 aliphatic heterocycles. The molecule has 7 nitrogen and oxygen atoms in total. The first-order valence-electron chi connectivity index (χ1n) is 12.6. The monoisotopic (exact) mass is 462 g/mol. The van der Waals surface area contributed by atoms with Gasteiger partial charge in [0.15, 0.2) is 5.65 Å². The van der Waals surface area contributed by atoms with Crippen molar-refractivity contribution in [1.29, 1.82) is 0 Å². The number of imidazole rings is 1. The van der Waals surface area contributed by atoms with Crippen LogP contribution in [0.4, 0.5) is 0 Å². The summed E-state index contributed by atoms with van der Waals surface area (Å²) < 4.78 is 8.86. The van der Waals surface area contributed by atoms with Gasteiger partial charge in [-0.2, -0.15) is 0 Å². The van der Waals surface area contributed by atoms with Crippen molar-refractivity contribution >= 4 is 11.2 Å². The van der Waals surface area contributed by atoms with E-state index in [-0.39, 0.29) is 22.7 Å². The maximum absolute atomic E-state index is 6.71. The molecule has 0 aromatic carbocycles. The van der Waals surface area contributed by atoms with Crippen LogP contribution >= 0.6 is 0 Å². The molecule has 0 unspecified atom stereocenters. The highest BCUT2D eigenvalue weighted by Crippen LogP contribution is 2.49. The highest BCUT2D eigenvalue weighted by Gasteiger charge is 2.51. The van der Waals surface area contributed by atoms with Crippen molar-refractivity contribution in [3.8, 4) is 0 Å². The van der Waals surface area contributed by atoms with Crippen LogP contribution in [0.15, 0.2) is 30.9 Å². The highest BCUT2D eigenvalue weighted by molar-refractivity contribution is 5.69. The molecule has 0 N–H and O–H groups in total. The summed E-state index contributed by atoms with van der Waals surface area (Å²) in [5, 5.41) is 0. The van der Waals surface area contributed by atoms with Gasteiger partial charge in [-0.15, -0.1) is 0 Å². The number of aryl methyl sites for hydroxylation is 3. The lowest BCUT2D eigenvalue weighted by molar-refractivity contribution is -0.0789. The summed E-state index contributed by atoms with van der Waals surface area (Å²) in [7, 11) is 2.07. The summed E-state index contributed by atoms with van der Waals surface area (Å²) in [5.41, 5.74) is 4.08. The average Bonchev–Trinajstić information content (AvgIpc) is 3.49. The zero-order valence-corrected chi connectivity index (χ0v) is 21.5. The zero-order chi connectivity index (χ0) is 24.1. The Bertz CT molecular complexity index is 1170. The van der Waals surface area contributed by atoms with Crippen LogP contribution in [0.3, 0.4) is 0 Å². The average molecular weight is 463 g/mol. The van der Waals surface area contributed by atoms with Gasteiger partial charge in [0.25, 0.3) is 0 Å². The van der Waals surface area contributed by atoms with Gasteiger partial charge in [0.1, 0.15) is 17.7 Å². The van der Waals surface area contributed by atoms with E-state index in [1.54, 1.807) is 6.33 Å². The number of pyridine rings is 1. The standard InChI is InChI=1S/C27H38N6O/c1-19-7-8-20(15-29-19)26(4,5)33-14-13-27(17-33,22-9-11-25(2,3)34-22)12-10-23-31-24-21(32(23)6)16-28-18-30-24/h7-8,15-16,18,22H,9-14,17H2,1-6H3/t22-,27-/m1/s1. The summed E-state index contributed by atoms with van der Waals surface area (Å²) in [4.78, 5) is 20.6. The van der Waals surface area contributed by atoms with Gasteiger partial charge >= 0.3 is 0 Å². The maximum atomic E-state index is 6.71. The van der Waals surface area contributed by atoms with Crippen molar-refractivity contribution in [3.05, 3.63) is 47.9 Å². The summed E-state index contributed by atoms with van der Waals surface area (Å²) >= 11 is 0. The van der Waals surface area contributed by atoms with E-state index in [9.17, 15) is 0 Å². The molecule has 3 aromatic heterocycles. The van der Waals surface area contributed by atoms with Crippen LogP contribution in [0.25, 0.3) is 11.2 Å². The second-order valence-electron chi connectivity index (χ2n) is 11.5. The Balaban J connectivity index is 1.41. The zero-order valence-electron chi connectivity index (χ0n) is 21.5. The molecule has 3 aromatic rings. The van der Waals surface area contributed by atoms with Crippen LogP contribution in [-0.4, -0.2) is 54.2 Å². The molecule has 2 atom stereocenters. The van der Waals surface area contributed by atoms with E-state index in [1.165, 1.54) is 5.56 Å². The van der Waals surface area contributed by atoms with Crippen LogP contribution in [0.1, 0.15) is 70.5 Å². The molecule has 7 heteroatoms. The summed E-state index contributed by atoms with van der Waals surface area (Å²) in [6.45, 7) is 13.3. The molecule has 2 aliphatic rings. The SMILES string of the molecule is Cc1ccc(C(C)(C)N2CC[C@@](CCc3nc4ncncc4n3C)([C@H]3CCC(C)(C)O3)C2)cn1. The van der Waals surface area contributed by atoms with Crippen LogP contribution < -0.4 is 0 Å². The van der Waals surface area contributed by atoms with E-state index in [4.69, 9.17) is 9.72 Å². The number of fused-ring (bicyclic) bond motifs is 1. The van der Waals surface area contributed by atoms with Gasteiger partial charge in [0, 0.05) is 42.9 Å². The minimum atomic E-state index is -0.0793. The maximum Gasteiger partial charge on any atom is 0.180 e. The quantitative estimate of drug-likeness (QED) is 0.534. The van der Waals surface area contributed by atoms with E-state index in [1.807, 2.05) is 19.3 Å². The fourth-order valence-corrected chi connectivity index (χ4v) is 5.99. The molecular weight excluding hydrogens is 424 g/mol. The lowest BCUT2D eigenvalue weighted by Gasteiger charge is -2.40. The topological polar surface area (TPSA) is 69.0 Å². The molecule has 0 spiro atoms. The number of ether oxygens (including phenoxy) is 1. The number of rotatable bonds is 6. The molecule has 0 radical (unpaired) electrons. The molecule has 5 rings (SSSR count). The molecule has 2 fully saturated rings. The van der Waals surface area contributed by atoms with Crippen molar-refractivity contribution < 1.29 is 4.74 Å². The number of nitrogens with zero attached hydrogens (tertiary/aromatic N) is 6. The smallest absolute Gasteiger partial charge is 0.180 e. The second kappa shape index (κ2) is 8.38. The first-order chi connectivity index (χ1) is 16.1. The fourth-order valence-electron chi connectivity index (χ4n) is 5.99. The van der Waals surface area contributed by atoms with Gasteiger partial charge in [-0.05, 0) is 78.5 Å². The predicted octanol–water partition coefficient (Wildman–Crippen LogP) is 4.58. The Kier molecular flexibility index (Phi) is 5.76. The third-order valence-electron chi connectivity index (χ3n) is 8.45. The second-order valence-corrected chi connectivity index (χ2v) is 11.5. The highest BCUT2D eigenvalue weighted by atomic mass is 16.5. The Morgan fingerprint density at radius 3 is 2.65 bits per heavy atom. The molecule has 0 aliphatic carbocycles. The molecule has 0 amide bonds. The Morgan fingerprint density at radius 1 is 1.15 bits per heavy atom. The van der Waals surface area contributed by atoms with Crippen LogP contribution in [-0.2, 0) is 23.7 Å². The van der Waals surface area contributed by atoms with Crippen molar-refractivity contribution in [3.63, 3.8) is 0 Å². The molecule has 34 heavy (non-hydrogen) atoms. The third-order valence-corrected chi connectivity index (χ3v) is 8.45. The van der Waals surface area contributed by atoms with Gasteiger partial charge in [0.2, 0.25) is 0 Å². The van der Waals surface area contributed by atoms with Gasteiger partial charge in [-0.1, -0.05) is 6.07 Å². The Labute approximate surface area is 203 Å². The number of hydrogen-bond acceptors (Lipinski definition) is 6. The lowest BCUT2D eigenvalue weighted by atomic mass is 9.75. The molecule has 0 saturated carbocycles. The Hall–Kier alpha value is -2.38. The van der Waals surface area contributed by atoms with E-state index in [0.29, 0.717) is 0 Å². The van der Waals surface area contributed by atoms with E-state index >= 15 is 0 Å². The predicted molar refractivity (Wildman–Crippen MR) is 133 cm³/mol. The van der Waals surface area contributed by atoms with Gasteiger partial charge < -0.3 is 9.30 Å². The minimum Gasteiger partial charge on any atom is -0.372 e. The summed E-state index contributed by atoms with van der Waals surface area (Å²) in [6.07, 6.45) is 11.1. The van der Waals surface area contributed by atoms with Crippen LogP contribution in [0.5, 0.6) is 0 Å². The Morgan fingerprint density at radius 2 is 1.97 bits per heavy atom. The normalized spacial score (nSPS) is 25.4. The van der Waals surface area contributed by atoms with Crippen molar-refractivity contribution in [1.82, 2.24) is 29.4 Å². The molecule has 2 saturated heterocycles. The molecular formula is C27H38N6O. The van der Waals surface area contributed by atoms with Crippen LogP contribution in [0.2, 0.25) is 0 Å². The molecule has 182 valence electrons. The minimum absolute atomic E-state index is 0.0467. The molecule has 5 heterocycles.